The first-order chi connectivity index (χ1) is 19.7. The van der Waals surface area contributed by atoms with Crippen molar-refractivity contribution in [3.05, 3.63) is 71.4 Å². The second-order valence-corrected chi connectivity index (χ2v) is 13.2. The first-order valence-corrected chi connectivity index (χ1v) is 15.5. The van der Waals surface area contributed by atoms with Crippen LogP contribution in [-0.2, 0) is 0 Å². The zero-order valence-electron chi connectivity index (χ0n) is 33.5. The number of alkyl halides is 6. The van der Waals surface area contributed by atoms with E-state index in [1.165, 1.54) is 28.7 Å². The second kappa shape index (κ2) is 34.9. The van der Waals surface area contributed by atoms with E-state index in [-0.39, 0.29) is 13.8 Å². The van der Waals surface area contributed by atoms with E-state index >= 15 is 0 Å². The summed E-state index contributed by atoms with van der Waals surface area (Å²) in [6.45, 7) is 50.9. The van der Waals surface area contributed by atoms with Crippen molar-refractivity contribution in [2.24, 2.45) is 10.8 Å². The maximum atomic E-state index is 11.6. The van der Waals surface area contributed by atoms with Gasteiger partial charge in [0.2, 0.25) is 0 Å². The van der Waals surface area contributed by atoms with Gasteiger partial charge in [0.05, 0.1) is 0 Å². The molecule has 0 rings (SSSR count). The van der Waals surface area contributed by atoms with Crippen LogP contribution in [0.25, 0.3) is 0 Å². The van der Waals surface area contributed by atoms with Crippen LogP contribution < -0.4 is 0 Å². The Morgan fingerprint density at radius 1 is 0.533 bits per heavy atom. The van der Waals surface area contributed by atoms with Gasteiger partial charge in [0.25, 0.3) is 0 Å². The van der Waals surface area contributed by atoms with Crippen molar-refractivity contribution in [1.29, 1.82) is 0 Å². The quantitative estimate of drug-likeness (QED) is 0.157. The summed E-state index contributed by atoms with van der Waals surface area (Å²) in [5, 5.41) is 0. The monoisotopic (exact) mass is 659 g/mol. The fourth-order valence-electron chi connectivity index (χ4n) is 0.161. The van der Waals surface area contributed by atoms with Crippen LogP contribution >= 0.6 is 0 Å². The molecule has 0 aromatic heterocycles. The fraction of sp³-hybridized carbons (Fsp3) is 0.692. The Kier molecular flexibility index (Phi) is 48.0. The molecule has 6 heteroatoms. The summed E-state index contributed by atoms with van der Waals surface area (Å²) in [5.74, 6) is 0. The zero-order chi connectivity index (χ0) is 39.0. The van der Waals surface area contributed by atoms with Crippen LogP contribution in [0.3, 0.4) is 0 Å². The third kappa shape index (κ3) is 79.9. The molecule has 0 heterocycles. The first kappa shape index (κ1) is 61.9. The van der Waals surface area contributed by atoms with E-state index in [0.29, 0.717) is 5.41 Å². The molecule has 0 fully saturated rings. The molecule has 0 aliphatic carbocycles. The fourth-order valence-corrected chi connectivity index (χ4v) is 0.161. The van der Waals surface area contributed by atoms with Crippen LogP contribution in [0.1, 0.15) is 158 Å². The van der Waals surface area contributed by atoms with Crippen molar-refractivity contribution in [1.82, 2.24) is 0 Å². The minimum absolute atomic E-state index is 0.104. The lowest BCUT2D eigenvalue weighted by molar-refractivity contribution is -0.327. The van der Waals surface area contributed by atoms with E-state index in [4.69, 9.17) is 0 Å². The molecule has 0 saturated carbocycles. The Balaban J connectivity index is -0.0000000599. The highest BCUT2D eigenvalue weighted by molar-refractivity contribution is 5.19. The van der Waals surface area contributed by atoms with Crippen molar-refractivity contribution in [3.8, 4) is 0 Å². The number of hydrogen-bond acceptors (Lipinski definition) is 0. The van der Waals surface area contributed by atoms with Gasteiger partial charge < -0.3 is 0 Å². The number of halogens is 6. The SMILES string of the molecule is C/C=C\C.C=C(C)C(=C)C.C=C(C)CC.CC(C)(C(F)(F)F)C(F)(F)F.CC(C)(C)C.CC(C)=C(C)C.CC=C(C)C.CCC. The van der Waals surface area contributed by atoms with Gasteiger partial charge >= 0.3 is 12.4 Å². The molecular weight excluding hydrogens is 582 g/mol. The molecule has 0 atom stereocenters. The van der Waals surface area contributed by atoms with Gasteiger partial charge in [0.1, 0.15) is 0 Å². The average molecular weight is 659 g/mol. The summed E-state index contributed by atoms with van der Waals surface area (Å²) >= 11 is 0. The zero-order valence-corrected chi connectivity index (χ0v) is 33.5. The molecule has 0 spiro atoms. The lowest BCUT2D eigenvalue weighted by Crippen LogP contribution is -2.44. The van der Waals surface area contributed by atoms with Crippen molar-refractivity contribution in [3.63, 3.8) is 0 Å². The van der Waals surface area contributed by atoms with Crippen LogP contribution in [0, 0.1) is 10.8 Å². The molecule has 0 amide bonds. The molecule has 0 aromatic rings. The van der Waals surface area contributed by atoms with Crippen LogP contribution in [0.15, 0.2) is 71.4 Å². The second-order valence-electron chi connectivity index (χ2n) is 13.2. The number of allylic oxidation sites excluding steroid dienone is 9. The highest BCUT2D eigenvalue weighted by atomic mass is 19.4. The summed E-state index contributed by atoms with van der Waals surface area (Å²) in [4.78, 5) is 0. The van der Waals surface area contributed by atoms with Crippen LogP contribution in [-0.4, -0.2) is 12.4 Å². The molecule has 0 unspecified atom stereocenters. The molecule has 274 valence electrons. The third-order valence-electron chi connectivity index (χ3n) is 4.66. The van der Waals surface area contributed by atoms with Gasteiger partial charge in [-0.15, -0.1) is 6.58 Å². The summed E-state index contributed by atoms with van der Waals surface area (Å²) < 4.78 is 69.7. The van der Waals surface area contributed by atoms with Crippen molar-refractivity contribution >= 4 is 0 Å². The maximum Gasteiger partial charge on any atom is 0.402 e. The van der Waals surface area contributed by atoms with Gasteiger partial charge in [-0.1, -0.05) is 120 Å². The minimum atomic E-state index is -5.24. The predicted octanol–water partition coefficient (Wildman–Crippen LogP) is 16.6. The van der Waals surface area contributed by atoms with Gasteiger partial charge in [-0.3, -0.25) is 0 Å². The normalized spacial score (nSPS) is 10.0. The van der Waals surface area contributed by atoms with E-state index in [1.807, 2.05) is 53.7 Å². The molecule has 0 aliphatic heterocycles. The van der Waals surface area contributed by atoms with Gasteiger partial charge in [-0.05, 0) is 109 Å². The van der Waals surface area contributed by atoms with Gasteiger partial charge in [0.15, 0.2) is 5.41 Å². The highest BCUT2D eigenvalue weighted by Crippen LogP contribution is 2.49. The minimum Gasteiger partial charge on any atom is -0.170 e. The lowest BCUT2D eigenvalue weighted by atomic mass is 9.92. The van der Waals surface area contributed by atoms with Crippen molar-refractivity contribution in [2.45, 2.75) is 171 Å². The standard InChI is InChI=1S/C6H12.C6H10.C5H6F6.C5H12.2C5H10.C4H8.C3H8/c2*1-5(2)6(3)4;1-3(2,4(6,7)8)5(9,10)11;1-5(2,3)4;2*1-4-5(2)3;1-3-4-2;1-3-2/h1-4H3;1,3H2,2,4H3;1-2H3;1-4H3;4H,1-3H3;2,4H2,1,3H3;3-4H,1-2H3;3H2,1-2H3/b;;;;;;4-3-;. The van der Waals surface area contributed by atoms with Crippen LogP contribution in [0.4, 0.5) is 26.3 Å². The summed E-state index contributed by atoms with van der Waals surface area (Å²) in [6, 6.07) is 0. The van der Waals surface area contributed by atoms with Gasteiger partial charge in [0, 0.05) is 0 Å². The third-order valence-corrected chi connectivity index (χ3v) is 4.66. The Morgan fingerprint density at radius 2 is 0.689 bits per heavy atom. The van der Waals surface area contributed by atoms with E-state index in [2.05, 4.69) is 116 Å². The molecular formula is C39H76F6. The van der Waals surface area contributed by atoms with E-state index < -0.39 is 17.8 Å². The summed E-state index contributed by atoms with van der Waals surface area (Å²) in [6.07, 6.45) is -2.05. The van der Waals surface area contributed by atoms with E-state index in [0.717, 1.165) is 17.6 Å². The summed E-state index contributed by atoms with van der Waals surface area (Å²) in [7, 11) is 0. The van der Waals surface area contributed by atoms with Crippen LogP contribution in [0.5, 0.6) is 0 Å². The maximum absolute atomic E-state index is 11.6. The number of rotatable bonds is 2. The Labute approximate surface area is 279 Å². The largest absolute Gasteiger partial charge is 0.402 e. The molecule has 0 nitrogen and oxygen atoms in total. The smallest absolute Gasteiger partial charge is 0.170 e. The van der Waals surface area contributed by atoms with Crippen LogP contribution in [0.2, 0.25) is 0 Å². The molecule has 0 aliphatic rings. The van der Waals surface area contributed by atoms with E-state index in [1.54, 1.807) is 0 Å². The van der Waals surface area contributed by atoms with Crippen molar-refractivity contribution in [2.75, 3.05) is 0 Å². The molecule has 0 saturated heterocycles. The topological polar surface area (TPSA) is 0 Å². The Hall–Kier alpha value is -1.98. The number of hydrogen-bond donors (Lipinski definition) is 0. The molecule has 0 N–H and O–H groups in total. The lowest BCUT2D eigenvalue weighted by Gasteiger charge is -2.29. The summed E-state index contributed by atoms with van der Waals surface area (Å²) in [5.41, 5.74) is 4.49. The average Bonchev–Trinajstić information content (AvgIpc) is 2.83. The molecule has 0 aromatic carbocycles. The van der Waals surface area contributed by atoms with E-state index in [9.17, 15) is 26.3 Å². The van der Waals surface area contributed by atoms with Crippen molar-refractivity contribution < 1.29 is 26.3 Å². The molecule has 45 heavy (non-hydrogen) atoms. The predicted molar refractivity (Wildman–Crippen MR) is 197 cm³/mol. The Bertz CT molecular complexity index is 731. The molecule has 0 radical (unpaired) electrons. The highest BCUT2D eigenvalue weighted by Gasteiger charge is 2.64. The Morgan fingerprint density at radius 3 is 0.689 bits per heavy atom. The molecule has 0 bridgehead atoms. The van der Waals surface area contributed by atoms with Gasteiger partial charge in [-0.25, -0.2) is 0 Å². The first-order valence-electron chi connectivity index (χ1n) is 15.5. The van der Waals surface area contributed by atoms with Gasteiger partial charge in [-0.2, -0.15) is 26.3 Å².